The smallest absolute Gasteiger partial charge is 0.0670 e. The van der Waals surface area contributed by atoms with Gasteiger partial charge in [-0.3, -0.25) is 0 Å². The van der Waals surface area contributed by atoms with Crippen LogP contribution in [0.4, 0.5) is 17.1 Å². The van der Waals surface area contributed by atoms with Crippen LogP contribution in [0.3, 0.4) is 0 Å². The second-order valence-electron chi connectivity index (χ2n) is 4.81. The lowest BCUT2D eigenvalue weighted by molar-refractivity contribution is 1.34. The first-order valence-corrected chi connectivity index (χ1v) is 7.15. The molecule has 0 amide bonds. The molecule has 0 saturated carbocycles. The molecule has 2 aromatic carbocycles. The van der Waals surface area contributed by atoms with Crippen molar-refractivity contribution in [1.29, 1.82) is 5.26 Å². The van der Waals surface area contributed by atoms with E-state index in [1.165, 1.54) is 0 Å². The second-order valence-corrected chi connectivity index (χ2v) is 4.81. The van der Waals surface area contributed by atoms with Crippen molar-refractivity contribution in [3.05, 3.63) is 60.3 Å². The summed E-state index contributed by atoms with van der Waals surface area (Å²) in [7, 11) is 3.77. The van der Waals surface area contributed by atoms with Crippen molar-refractivity contribution in [3.8, 4) is 6.07 Å². The van der Waals surface area contributed by atoms with E-state index in [2.05, 4.69) is 22.0 Å². The number of benzene rings is 2. The third-order valence-electron chi connectivity index (χ3n) is 3.34. The SMILES string of the molecule is CNc1cc(NC)cc(C(=CNc2ccccc2)CC#N)c1. The van der Waals surface area contributed by atoms with Gasteiger partial charge in [-0.1, -0.05) is 18.2 Å². The summed E-state index contributed by atoms with van der Waals surface area (Å²) in [6, 6.07) is 18.2. The minimum absolute atomic E-state index is 0.343. The van der Waals surface area contributed by atoms with Crippen LogP contribution in [0, 0.1) is 11.3 Å². The number of hydrogen-bond acceptors (Lipinski definition) is 4. The molecule has 0 heterocycles. The Balaban J connectivity index is 2.33. The first-order chi connectivity index (χ1) is 10.8. The van der Waals surface area contributed by atoms with Gasteiger partial charge in [0, 0.05) is 37.4 Å². The van der Waals surface area contributed by atoms with Gasteiger partial charge in [-0.25, -0.2) is 0 Å². The van der Waals surface area contributed by atoms with Crippen LogP contribution in [0.1, 0.15) is 12.0 Å². The minimum atomic E-state index is 0.343. The van der Waals surface area contributed by atoms with Crippen LogP contribution >= 0.6 is 0 Å². The third kappa shape index (κ3) is 4.03. The predicted molar refractivity (Wildman–Crippen MR) is 93.8 cm³/mol. The Hall–Kier alpha value is -2.93. The number of rotatable bonds is 6. The molecule has 4 heteroatoms. The Bertz CT molecular complexity index is 662. The van der Waals surface area contributed by atoms with Crippen molar-refractivity contribution >= 4 is 22.6 Å². The predicted octanol–water partition coefficient (Wildman–Crippen LogP) is 4.14. The maximum atomic E-state index is 9.10. The van der Waals surface area contributed by atoms with E-state index < -0.39 is 0 Å². The van der Waals surface area contributed by atoms with Gasteiger partial charge in [0.25, 0.3) is 0 Å². The highest BCUT2D eigenvalue weighted by Gasteiger charge is 2.05. The summed E-state index contributed by atoms with van der Waals surface area (Å²) < 4.78 is 0. The second kappa shape index (κ2) is 7.75. The quantitative estimate of drug-likeness (QED) is 0.749. The van der Waals surface area contributed by atoms with Crippen molar-refractivity contribution in [1.82, 2.24) is 0 Å². The lowest BCUT2D eigenvalue weighted by Crippen LogP contribution is -1.97. The van der Waals surface area contributed by atoms with E-state index >= 15 is 0 Å². The summed E-state index contributed by atoms with van der Waals surface area (Å²) >= 11 is 0. The van der Waals surface area contributed by atoms with E-state index in [1.807, 2.05) is 68.8 Å². The number of anilines is 3. The molecule has 0 fully saturated rings. The Kier molecular flexibility index (Phi) is 5.44. The van der Waals surface area contributed by atoms with Gasteiger partial charge < -0.3 is 16.0 Å². The highest BCUT2D eigenvalue weighted by molar-refractivity contribution is 5.75. The van der Waals surface area contributed by atoms with Crippen LogP contribution in [0.2, 0.25) is 0 Å². The Morgan fingerprint density at radius 2 is 1.64 bits per heavy atom. The molecule has 0 aliphatic carbocycles. The molecule has 0 spiro atoms. The van der Waals surface area contributed by atoms with E-state index in [1.54, 1.807) is 0 Å². The maximum Gasteiger partial charge on any atom is 0.0670 e. The van der Waals surface area contributed by atoms with Gasteiger partial charge in [-0.05, 0) is 41.5 Å². The summed E-state index contributed by atoms with van der Waals surface area (Å²) in [6.45, 7) is 0. The molecular formula is C18H20N4. The molecule has 0 radical (unpaired) electrons. The van der Waals surface area contributed by atoms with Crippen LogP contribution in [0.25, 0.3) is 5.57 Å². The average Bonchev–Trinajstić information content (AvgIpc) is 2.59. The standard InChI is InChI=1S/C18H20N4/c1-20-17-10-15(11-18(12-17)21-2)14(8-9-19)13-22-16-6-4-3-5-7-16/h3-7,10-13,20-22H,8H2,1-2H3. The lowest BCUT2D eigenvalue weighted by atomic mass is 10.0. The number of para-hydroxylation sites is 1. The summed E-state index contributed by atoms with van der Waals surface area (Å²) in [6.07, 6.45) is 2.24. The topological polar surface area (TPSA) is 59.9 Å². The molecule has 0 atom stereocenters. The first-order valence-electron chi connectivity index (χ1n) is 7.15. The van der Waals surface area contributed by atoms with Gasteiger partial charge in [-0.2, -0.15) is 5.26 Å². The summed E-state index contributed by atoms with van der Waals surface area (Å²) in [5.74, 6) is 0. The molecule has 4 nitrogen and oxygen atoms in total. The highest BCUT2D eigenvalue weighted by Crippen LogP contribution is 2.26. The fourth-order valence-corrected chi connectivity index (χ4v) is 2.13. The number of allylic oxidation sites excluding steroid dienone is 1. The molecule has 2 aromatic rings. The molecule has 0 unspecified atom stereocenters. The maximum absolute atomic E-state index is 9.10. The summed E-state index contributed by atoms with van der Waals surface area (Å²) in [5, 5.41) is 18.6. The average molecular weight is 292 g/mol. The zero-order valence-corrected chi connectivity index (χ0v) is 12.9. The summed E-state index contributed by atoms with van der Waals surface area (Å²) in [4.78, 5) is 0. The van der Waals surface area contributed by atoms with Crippen LogP contribution in [-0.4, -0.2) is 14.1 Å². The van der Waals surface area contributed by atoms with Crippen LogP contribution in [0.15, 0.2) is 54.7 Å². The molecule has 0 saturated heterocycles. The molecular weight excluding hydrogens is 272 g/mol. The largest absolute Gasteiger partial charge is 0.388 e. The lowest BCUT2D eigenvalue weighted by Gasteiger charge is -2.11. The highest BCUT2D eigenvalue weighted by atomic mass is 14.9. The number of nitrogens with one attached hydrogen (secondary N) is 3. The normalized spacial score (nSPS) is 10.7. The molecule has 0 aliphatic heterocycles. The van der Waals surface area contributed by atoms with Crippen molar-refractivity contribution in [2.75, 3.05) is 30.0 Å². The minimum Gasteiger partial charge on any atom is -0.388 e. The zero-order chi connectivity index (χ0) is 15.8. The zero-order valence-electron chi connectivity index (χ0n) is 12.9. The van der Waals surface area contributed by atoms with Gasteiger partial charge in [-0.15, -0.1) is 0 Å². The molecule has 0 aliphatic rings. The van der Waals surface area contributed by atoms with Gasteiger partial charge >= 0.3 is 0 Å². The first kappa shape index (κ1) is 15.5. The Morgan fingerprint density at radius 1 is 1.00 bits per heavy atom. The van der Waals surface area contributed by atoms with Crippen molar-refractivity contribution in [3.63, 3.8) is 0 Å². The Morgan fingerprint density at radius 3 is 2.18 bits per heavy atom. The van der Waals surface area contributed by atoms with Gasteiger partial charge in [0.1, 0.15) is 0 Å². The summed E-state index contributed by atoms with van der Waals surface area (Å²) in [5.41, 5.74) is 4.97. The van der Waals surface area contributed by atoms with Crippen LogP contribution in [-0.2, 0) is 0 Å². The number of nitrogens with zero attached hydrogens (tertiary/aromatic N) is 1. The molecule has 0 bridgehead atoms. The van der Waals surface area contributed by atoms with Gasteiger partial charge in [0.2, 0.25) is 0 Å². The molecule has 22 heavy (non-hydrogen) atoms. The van der Waals surface area contributed by atoms with Gasteiger partial charge in [0.15, 0.2) is 0 Å². The van der Waals surface area contributed by atoms with E-state index in [0.29, 0.717) is 6.42 Å². The van der Waals surface area contributed by atoms with Crippen molar-refractivity contribution in [2.24, 2.45) is 0 Å². The van der Waals surface area contributed by atoms with E-state index in [9.17, 15) is 0 Å². The molecule has 2 rings (SSSR count). The fraction of sp³-hybridized carbons (Fsp3) is 0.167. The molecule has 112 valence electrons. The Labute approximate surface area is 131 Å². The van der Waals surface area contributed by atoms with Crippen LogP contribution < -0.4 is 16.0 Å². The van der Waals surface area contributed by atoms with Crippen LogP contribution in [0.5, 0.6) is 0 Å². The van der Waals surface area contributed by atoms with Gasteiger partial charge in [0.05, 0.1) is 12.5 Å². The molecule has 3 N–H and O–H groups in total. The van der Waals surface area contributed by atoms with E-state index in [4.69, 9.17) is 5.26 Å². The third-order valence-corrected chi connectivity index (χ3v) is 3.34. The fourth-order valence-electron chi connectivity index (χ4n) is 2.13. The number of nitriles is 1. The van der Waals surface area contributed by atoms with E-state index in [0.717, 1.165) is 28.2 Å². The van der Waals surface area contributed by atoms with Crippen molar-refractivity contribution < 1.29 is 0 Å². The monoisotopic (exact) mass is 292 g/mol. The van der Waals surface area contributed by atoms with E-state index in [-0.39, 0.29) is 0 Å². The number of hydrogen-bond donors (Lipinski definition) is 3. The van der Waals surface area contributed by atoms with Crippen molar-refractivity contribution in [2.45, 2.75) is 6.42 Å². The molecule has 0 aromatic heterocycles.